The summed E-state index contributed by atoms with van der Waals surface area (Å²) in [5.74, 6) is -1.26. The van der Waals surface area contributed by atoms with Crippen LogP contribution >= 0.6 is 0 Å². The molecule has 0 saturated carbocycles. The minimum atomic E-state index is -1.03. The van der Waals surface area contributed by atoms with Crippen molar-refractivity contribution in [2.24, 2.45) is 7.05 Å². The van der Waals surface area contributed by atoms with Gasteiger partial charge in [0.05, 0.1) is 10.9 Å². The smallest absolute Gasteiger partial charge is 0.313 e. The Labute approximate surface area is 98.5 Å². The highest BCUT2D eigenvalue weighted by Gasteiger charge is 2.32. The Balaban J connectivity index is 2.81. The number of rotatable bonds is 2. The van der Waals surface area contributed by atoms with Gasteiger partial charge in [0.1, 0.15) is 5.82 Å². The van der Waals surface area contributed by atoms with Gasteiger partial charge in [0.2, 0.25) is 0 Å². The molecule has 1 N–H and O–H groups in total. The van der Waals surface area contributed by atoms with Gasteiger partial charge in [-0.2, -0.15) is 0 Å². The van der Waals surface area contributed by atoms with Crippen molar-refractivity contribution in [3.8, 4) is 0 Å². The van der Waals surface area contributed by atoms with Gasteiger partial charge in [-0.15, -0.1) is 0 Å². The summed E-state index contributed by atoms with van der Waals surface area (Å²) in [5.41, 5.74) is 0.0339. The van der Waals surface area contributed by atoms with E-state index in [9.17, 15) is 14.3 Å². The van der Waals surface area contributed by atoms with E-state index in [-0.39, 0.29) is 5.82 Å². The summed E-state index contributed by atoms with van der Waals surface area (Å²) in [5, 5.41) is 9.88. The van der Waals surface area contributed by atoms with Crippen molar-refractivity contribution >= 4 is 16.9 Å². The molecule has 1 aromatic carbocycles. The van der Waals surface area contributed by atoms with E-state index in [4.69, 9.17) is 0 Å². The van der Waals surface area contributed by atoms with Crippen LogP contribution in [-0.2, 0) is 17.3 Å². The number of carbonyl (C=O) groups is 1. The highest BCUT2D eigenvalue weighted by molar-refractivity contribution is 5.92. The van der Waals surface area contributed by atoms with Crippen molar-refractivity contribution < 1.29 is 14.3 Å². The lowest BCUT2D eigenvalue weighted by atomic mass is 9.84. The van der Waals surface area contributed by atoms with Gasteiger partial charge in [-0.3, -0.25) is 4.79 Å². The fourth-order valence-corrected chi connectivity index (χ4v) is 2.03. The lowest BCUT2D eigenvalue weighted by Gasteiger charge is -2.18. The van der Waals surface area contributed by atoms with Crippen molar-refractivity contribution in [3.63, 3.8) is 0 Å². The Hall–Kier alpha value is -1.84. The molecule has 0 aliphatic rings. The third kappa shape index (κ3) is 1.60. The van der Waals surface area contributed by atoms with Crippen LogP contribution in [0.3, 0.4) is 0 Å². The molecular weight excluding hydrogens is 221 g/mol. The molecule has 90 valence electrons. The van der Waals surface area contributed by atoms with E-state index in [2.05, 4.69) is 0 Å². The van der Waals surface area contributed by atoms with Gasteiger partial charge < -0.3 is 9.67 Å². The summed E-state index contributed by atoms with van der Waals surface area (Å²) in [6, 6.07) is 4.72. The number of hydrogen-bond donors (Lipinski definition) is 1. The zero-order chi connectivity index (χ0) is 12.8. The molecule has 4 heteroatoms. The number of carboxylic acids is 1. The highest BCUT2D eigenvalue weighted by atomic mass is 19.1. The first-order chi connectivity index (χ1) is 7.85. The molecule has 0 aliphatic carbocycles. The normalized spacial score (nSPS) is 12.0. The van der Waals surface area contributed by atoms with Crippen molar-refractivity contribution in [1.82, 2.24) is 4.57 Å². The van der Waals surface area contributed by atoms with Crippen LogP contribution in [0.25, 0.3) is 10.9 Å². The molecular formula is C13H14FNO2. The number of nitrogens with zero attached hydrogens (tertiary/aromatic N) is 1. The third-order valence-electron chi connectivity index (χ3n) is 3.16. The van der Waals surface area contributed by atoms with Crippen molar-refractivity contribution in [1.29, 1.82) is 0 Å². The van der Waals surface area contributed by atoms with Crippen LogP contribution in [0.4, 0.5) is 4.39 Å². The first kappa shape index (κ1) is 11.6. The predicted molar refractivity (Wildman–Crippen MR) is 63.5 cm³/mol. The maximum atomic E-state index is 13.7. The Morgan fingerprint density at radius 2 is 2.06 bits per heavy atom. The Bertz CT molecular complexity index is 599. The molecule has 0 amide bonds. The average molecular weight is 235 g/mol. The number of para-hydroxylation sites is 1. The first-order valence-electron chi connectivity index (χ1n) is 5.33. The SMILES string of the molecule is Cn1cc(C(C)(C)C(=O)O)c2cccc(F)c21. The topological polar surface area (TPSA) is 42.2 Å². The molecule has 2 rings (SSSR count). The Kier molecular flexibility index (Phi) is 2.45. The van der Waals surface area contributed by atoms with E-state index in [1.165, 1.54) is 6.07 Å². The monoisotopic (exact) mass is 235 g/mol. The molecule has 0 fully saturated rings. The number of aromatic nitrogens is 1. The minimum absolute atomic E-state index is 0.336. The molecule has 0 atom stereocenters. The largest absolute Gasteiger partial charge is 0.481 e. The van der Waals surface area contributed by atoms with Crippen LogP contribution < -0.4 is 0 Å². The maximum absolute atomic E-state index is 13.7. The van der Waals surface area contributed by atoms with E-state index in [1.807, 2.05) is 0 Å². The molecule has 0 unspecified atom stereocenters. The summed E-state index contributed by atoms with van der Waals surface area (Å²) < 4.78 is 15.3. The van der Waals surface area contributed by atoms with Crippen LogP contribution in [0, 0.1) is 5.82 Å². The second kappa shape index (κ2) is 3.58. The van der Waals surface area contributed by atoms with Gasteiger partial charge >= 0.3 is 5.97 Å². The third-order valence-corrected chi connectivity index (χ3v) is 3.16. The average Bonchev–Trinajstić information content (AvgIpc) is 2.58. The standard InChI is InChI=1S/C13H14FNO2/c1-13(2,12(16)17)9-7-15(3)11-8(9)5-4-6-10(11)14/h4-7H,1-3H3,(H,16,17). The first-order valence-corrected chi connectivity index (χ1v) is 5.33. The number of benzene rings is 1. The summed E-state index contributed by atoms with van der Waals surface area (Å²) in [4.78, 5) is 11.3. The van der Waals surface area contributed by atoms with E-state index in [0.717, 1.165) is 0 Å². The van der Waals surface area contributed by atoms with Gasteiger partial charge in [-0.25, -0.2) is 4.39 Å². The molecule has 17 heavy (non-hydrogen) atoms. The van der Waals surface area contributed by atoms with Crippen molar-refractivity contribution in [3.05, 3.63) is 35.8 Å². The van der Waals surface area contributed by atoms with Gasteiger partial charge in [0.25, 0.3) is 0 Å². The maximum Gasteiger partial charge on any atom is 0.313 e. The summed E-state index contributed by atoms with van der Waals surface area (Å²) in [6.07, 6.45) is 1.68. The second-order valence-electron chi connectivity index (χ2n) is 4.72. The number of carboxylic acid groups (broad SMARTS) is 1. The minimum Gasteiger partial charge on any atom is -0.481 e. The number of aliphatic carboxylic acids is 1. The second-order valence-corrected chi connectivity index (χ2v) is 4.72. The molecule has 0 aliphatic heterocycles. The van der Waals surface area contributed by atoms with Gasteiger partial charge in [-0.1, -0.05) is 12.1 Å². The zero-order valence-electron chi connectivity index (χ0n) is 9.99. The van der Waals surface area contributed by atoms with Crippen LogP contribution in [0.2, 0.25) is 0 Å². The highest BCUT2D eigenvalue weighted by Crippen LogP contribution is 2.32. The number of fused-ring (bicyclic) bond motifs is 1. The quantitative estimate of drug-likeness (QED) is 0.869. The zero-order valence-corrected chi connectivity index (χ0v) is 9.99. The summed E-state index contributed by atoms with van der Waals surface area (Å²) in [7, 11) is 1.72. The van der Waals surface area contributed by atoms with Gasteiger partial charge in [-0.05, 0) is 25.5 Å². The molecule has 1 heterocycles. The fourth-order valence-electron chi connectivity index (χ4n) is 2.03. The van der Waals surface area contributed by atoms with E-state index in [1.54, 1.807) is 43.8 Å². The molecule has 0 radical (unpaired) electrons. The predicted octanol–water partition coefficient (Wildman–Crippen LogP) is 2.68. The summed E-state index contributed by atoms with van der Waals surface area (Å²) in [6.45, 7) is 3.24. The molecule has 0 saturated heterocycles. The van der Waals surface area contributed by atoms with Crippen LogP contribution in [-0.4, -0.2) is 15.6 Å². The van der Waals surface area contributed by atoms with E-state index in [0.29, 0.717) is 16.5 Å². The summed E-state index contributed by atoms with van der Waals surface area (Å²) >= 11 is 0. The molecule has 0 bridgehead atoms. The van der Waals surface area contributed by atoms with Crippen molar-refractivity contribution in [2.75, 3.05) is 0 Å². The van der Waals surface area contributed by atoms with Crippen molar-refractivity contribution in [2.45, 2.75) is 19.3 Å². The lowest BCUT2D eigenvalue weighted by Crippen LogP contribution is -2.28. The molecule has 2 aromatic rings. The molecule has 1 aromatic heterocycles. The van der Waals surface area contributed by atoms with Crippen LogP contribution in [0.5, 0.6) is 0 Å². The fraction of sp³-hybridized carbons (Fsp3) is 0.308. The Morgan fingerprint density at radius 1 is 1.41 bits per heavy atom. The molecule has 0 spiro atoms. The number of hydrogen-bond acceptors (Lipinski definition) is 1. The van der Waals surface area contributed by atoms with Gasteiger partial charge in [0.15, 0.2) is 0 Å². The number of aryl methyl sites for hydroxylation is 1. The lowest BCUT2D eigenvalue weighted by molar-refractivity contribution is -0.142. The van der Waals surface area contributed by atoms with E-state index < -0.39 is 11.4 Å². The number of halogens is 1. The Morgan fingerprint density at radius 3 is 2.65 bits per heavy atom. The van der Waals surface area contributed by atoms with E-state index >= 15 is 0 Å². The van der Waals surface area contributed by atoms with Crippen LogP contribution in [0.15, 0.2) is 24.4 Å². The van der Waals surface area contributed by atoms with Crippen LogP contribution in [0.1, 0.15) is 19.4 Å². The molecule has 3 nitrogen and oxygen atoms in total. The van der Waals surface area contributed by atoms with Gasteiger partial charge in [0, 0.05) is 18.6 Å².